The van der Waals surface area contributed by atoms with Gasteiger partial charge in [-0.15, -0.1) is 0 Å². The molecule has 1 unspecified atom stereocenters. The van der Waals surface area contributed by atoms with Gasteiger partial charge in [0.05, 0.1) is 13.0 Å². The van der Waals surface area contributed by atoms with E-state index in [9.17, 15) is 14.7 Å². The van der Waals surface area contributed by atoms with Crippen molar-refractivity contribution in [2.75, 3.05) is 6.61 Å². The summed E-state index contributed by atoms with van der Waals surface area (Å²) in [5.74, 6) is -1.20. The van der Waals surface area contributed by atoms with Gasteiger partial charge in [0.1, 0.15) is 0 Å². The second-order valence-corrected chi connectivity index (χ2v) is 8.06. The van der Waals surface area contributed by atoms with Gasteiger partial charge >= 0.3 is 11.9 Å². The van der Waals surface area contributed by atoms with Crippen molar-refractivity contribution in [1.82, 2.24) is 0 Å². The molecule has 0 aliphatic rings. The Morgan fingerprint density at radius 2 is 1.15 bits per heavy atom. The molecule has 5 nitrogen and oxygen atoms in total. The third-order valence-electron chi connectivity index (χ3n) is 4.81. The summed E-state index contributed by atoms with van der Waals surface area (Å²) >= 11 is 0. The molecule has 0 aromatic carbocycles. The maximum absolute atomic E-state index is 11.3. The zero-order chi connectivity index (χ0) is 20.3. The lowest BCUT2D eigenvalue weighted by Gasteiger charge is -2.08. The lowest BCUT2D eigenvalue weighted by molar-refractivity contribution is -0.158. The third-order valence-corrected chi connectivity index (χ3v) is 4.81. The van der Waals surface area contributed by atoms with Crippen LogP contribution in [0.3, 0.4) is 0 Å². The van der Waals surface area contributed by atoms with E-state index in [4.69, 9.17) is 9.84 Å². The molecule has 0 aliphatic heterocycles. The van der Waals surface area contributed by atoms with Crippen molar-refractivity contribution < 1.29 is 24.5 Å². The molecule has 0 heterocycles. The minimum absolute atomic E-state index is 0.257. The first-order chi connectivity index (χ1) is 12.9. The van der Waals surface area contributed by atoms with Crippen LogP contribution in [-0.2, 0) is 14.3 Å². The van der Waals surface area contributed by atoms with Gasteiger partial charge in [-0.2, -0.15) is 0 Å². The van der Waals surface area contributed by atoms with Crippen molar-refractivity contribution in [3.8, 4) is 0 Å². The highest BCUT2D eigenvalue weighted by atomic mass is 16.5. The molecular weight excluding hydrogens is 344 g/mol. The summed E-state index contributed by atoms with van der Waals surface area (Å²) in [4.78, 5) is 21.7. The minimum atomic E-state index is -1.55. The van der Waals surface area contributed by atoms with E-state index in [1.807, 2.05) is 0 Å². The fourth-order valence-corrected chi connectivity index (χ4v) is 3.12. The average Bonchev–Trinajstić information content (AvgIpc) is 2.60. The van der Waals surface area contributed by atoms with Crippen molar-refractivity contribution >= 4 is 11.9 Å². The van der Waals surface area contributed by atoms with E-state index in [1.54, 1.807) is 0 Å². The van der Waals surface area contributed by atoms with Gasteiger partial charge in [0.2, 0.25) is 0 Å². The molecule has 0 fully saturated rings. The van der Waals surface area contributed by atoms with Gasteiger partial charge < -0.3 is 14.9 Å². The van der Waals surface area contributed by atoms with Crippen LogP contribution >= 0.6 is 0 Å². The number of hydrogen-bond acceptors (Lipinski definition) is 4. The lowest BCUT2D eigenvalue weighted by Crippen LogP contribution is -2.26. The summed E-state index contributed by atoms with van der Waals surface area (Å²) < 4.78 is 4.87. The third kappa shape index (κ3) is 19.5. The minimum Gasteiger partial charge on any atom is -0.481 e. The Balaban J connectivity index is 3.21. The largest absolute Gasteiger partial charge is 0.481 e. The molecule has 5 heteroatoms. The predicted molar refractivity (Wildman–Crippen MR) is 109 cm³/mol. The number of aliphatic hydroxyl groups excluding tert-OH is 1. The van der Waals surface area contributed by atoms with Gasteiger partial charge in [-0.1, -0.05) is 97.3 Å². The molecule has 0 saturated heterocycles. The van der Waals surface area contributed by atoms with Gasteiger partial charge in [0.25, 0.3) is 0 Å². The van der Waals surface area contributed by atoms with E-state index >= 15 is 0 Å². The van der Waals surface area contributed by atoms with Crippen LogP contribution in [0.1, 0.15) is 110 Å². The summed E-state index contributed by atoms with van der Waals surface area (Å²) in [5, 5.41) is 17.8. The first-order valence-corrected chi connectivity index (χ1v) is 11.0. The summed E-state index contributed by atoms with van der Waals surface area (Å²) in [6.45, 7) is 4.85. The van der Waals surface area contributed by atoms with E-state index in [0.29, 0.717) is 0 Å². The quantitative estimate of drug-likeness (QED) is 0.227. The fraction of sp³-hybridized carbons (Fsp3) is 0.909. The zero-order valence-electron chi connectivity index (χ0n) is 17.6. The molecule has 0 aromatic rings. The Morgan fingerprint density at radius 3 is 1.56 bits per heavy atom. The van der Waals surface area contributed by atoms with Crippen molar-refractivity contribution in [3.63, 3.8) is 0 Å². The number of esters is 1. The number of carbonyl (C=O) groups excluding carboxylic acids is 1. The van der Waals surface area contributed by atoms with Crippen LogP contribution in [0.5, 0.6) is 0 Å². The Bertz CT molecular complexity index is 368. The Labute approximate surface area is 165 Å². The van der Waals surface area contributed by atoms with Crippen molar-refractivity contribution in [2.24, 2.45) is 5.92 Å². The van der Waals surface area contributed by atoms with Crippen molar-refractivity contribution in [2.45, 2.75) is 116 Å². The molecular formula is C22H42O5. The highest BCUT2D eigenvalue weighted by Crippen LogP contribution is 2.14. The van der Waals surface area contributed by atoms with Crippen LogP contribution in [0.4, 0.5) is 0 Å². The SMILES string of the molecule is CC(C)CCCCCCCCCCCCCCCOC(=O)C(O)CC(=O)O. The number of hydrogen-bond donors (Lipinski definition) is 2. The normalized spacial score (nSPS) is 12.3. The number of carboxylic acids is 1. The Morgan fingerprint density at radius 1 is 0.741 bits per heavy atom. The van der Waals surface area contributed by atoms with Gasteiger partial charge in [0.15, 0.2) is 6.10 Å². The smallest absolute Gasteiger partial charge is 0.335 e. The monoisotopic (exact) mass is 386 g/mol. The zero-order valence-corrected chi connectivity index (χ0v) is 17.6. The first-order valence-electron chi connectivity index (χ1n) is 11.0. The highest BCUT2D eigenvalue weighted by molar-refractivity contribution is 5.80. The number of rotatable bonds is 19. The Kier molecular flexibility index (Phi) is 17.5. The maximum atomic E-state index is 11.3. The molecule has 0 aromatic heterocycles. The van der Waals surface area contributed by atoms with Gasteiger partial charge in [0, 0.05) is 0 Å². The Hall–Kier alpha value is -1.10. The van der Waals surface area contributed by atoms with Crippen LogP contribution in [0.15, 0.2) is 0 Å². The van der Waals surface area contributed by atoms with Crippen LogP contribution in [-0.4, -0.2) is 34.9 Å². The summed E-state index contributed by atoms with van der Waals surface area (Å²) in [6, 6.07) is 0. The summed E-state index contributed by atoms with van der Waals surface area (Å²) in [7, 11) is 0. The molecule has 0 bridgehead atoms. The predicted octanol–water partition coefficient (Wildman–Crippen LogP) is 5.48. The molecule has 27 heavy (non-hydrogen) atoms. The van der Waals surface area contributed by atoms with Crippen LogP contribution in [0.2, 0.25) is 0 Å². The molecule has 0 saturated carbocycles. The molecule has 2 N–H and O–H groups in total. The van der Waals surface area contributed by atoms with E-state index in [1.165, 1.54) is 70.6 Å². The van der Waals surface area contributed by atoms with Crippen LogP contribution in [0, 0.1) is 5.92 Å². The highest BCUT2D eigenvalue weighted by Gasteiger charge is 2.19. The molecule has 0 aliphatic carbocycles. The standard InChI is InChI=1S/C22H42O5/c1-19(2)16-14-12-10-8-6-4-3-5-7-9-11-13-15-17-27-22(26)20(23)18-21(24)25/h19-20,23H,3-18H2,1-2H3,(H,24,25). The summed E-state index contributed by atoms with van der Waals surface area (Å²) in [5.41, 5.74) is 0. The number of unbranched alkanes of at least 4 members (excludes halogenated alkanes) is 12. The van der Waals surface area contributed by atoms with E-state index in [2.05, 4.69) is 13.8 Å². The second kappa shape index (κ2) is 18.3. The molecule has 0 amide bonds. The van der Waals surface area contributed by atoms with Gasteiger partial charge in [-0.05, 0) is 12.3 Å². The average molecular weight is 387 g/mol. The second-order valence-electron chi connectivity index (χ2n) is 8.06. The maximum Gasteiger partial charge on any atom is 0.335 e. The van der Waals surface area contributed by atoms with E-state index < -0.39 is 24.5 Å². The lowest BCUT2D eigenvalue weighted by atomic mass is 10.0. The van der Waals surface area contributed by atoms with E-state index in [-0.39, 0.29) is 6.61 Å². The van der Waals surface area contributed by atoms with E-state index in [0.717, 1.165) is 25.2 Å². The van der Waals surface area contributed by atoms with Crippen molar-refractivity contribution in [3.05, 3.63) is 0 Å². The molecule has 1 atom stereocenters. The van der Waals surface area contributed by atoms with Gasteiger partial charge in [-0.25, -0.2) is 4.79 Å². The molecule has 160 valence electrons. The number of ether oxygens (including phenoxy) is 1. The molecule has 0 spiro atoms. The van der Waals surface area contributed by atoms with Crippen molar-refractivity contribution in [1.29, 1.82) is 0 Å². The van der Waals surface area contributed by atoms with Crippen LogP contribution in [0.25, 0.3) is 0 Å². The van der Waals surface area contributed by atoms with Crippen LogP contribution < -0.4 is 0 Å². The first kappa shape index (κ1) is 25.9. The number of aliphatic carboxylic acids is 1. The number of aliphatic hydroxyl groups is 1. The number of carbonyl (C=O) groups is 2. The fourth-order valence-electron chi connectivity index (χ4n) is 3.12. The summed E-state index contributed by atoms with van der Waals surface area (Å²) in [6.07, 6.45) is 15.5. The molecule has 0 rings (SSSR count). The molecule has 0 radical (unpaired) electrons. The topological polar surface area (TPSA) is 83.8 Å². The van der Waals surface area contributed by atoms with Gasteiger partial charge in [-0.3, -0.25) is 4.79 Å². The number of carboxylic acid groups (broad SMARTS) is 1.